The minimum atomic E-state index is -0.373. The summed E-state index contributed by atoms with van der Waals surface area (Å²) in [6.07, 6.45) is 0.657. The summed E-state index contributed by atoms with van der Waals surface area (Å²) in [6.45, 7) is 3.93. The van der Waals surface area contributed by atoms with E-state index in [2.05, 4.69) is 34.6 Å². The molecule has 0 radical (unpaired) electrons. The van der Waals surface area contributed by atoms with Gasteiger partial charge in [-0.1, -0.05) is 49.0 Å². The third-order valence-corrected chi connectivity index (χ3v) is 5.24. The number of aromatic nitrogens is 2. The fourth-order valence-corrected chi connectivity index (χ4v) is 3.35. The molecular weight excluding hydrogens is 374 g/mol. The average molecular weight is 398 g/mol. The van der Waals surface area contributed by atoms with Gasteiger partial charge in [0, 0.05) is 12.1 Å². The number of nitrogens with one attached hydrogen (secondary N) is 1. The fourth-order valence-electron chi connectivity index (χ4n) is 2.65. The van der Waals surface area contributed by atoms with Gasteiger partial charge >= 0.3 is 0 Å². The number of hydrogen-bond donors (Lipinski definition) is 1. The second-order valence-corrected chi connectivity index (χ2v) is 7.75. The van der Waals surface area contributed by atoms with E-state index in [4.69, 9.17) is 9.15 Å². The van der Waals surface area contributed by atoms with Crippen LogP contribution in [-0.4, -0.2) is 28.5 Å². The van der Waals surface area contributed by atoms with Crippen molar-refractivity contribution in [2.45, 2.75) is 36.7 Å². The van der Waals surface area contributed by atoms with Gasteiger partial charge < -0.3 is 14.5 Å². The van der Waals surface area contributed by atoms with Crippen molar-refractivity contribution in [3.05, 3.63) is 66.1 Å². The van der Waals surface area contributed by atoms with E-state index in [0.717, 1.165) is 5.75 Å². The number of nitrogens with zero attached hydrogens (tertiary/aromatic N) is 2. The zero-order chi connectivity index (χ0) is 19.9. The molecule has 0 fully saturated rings. The molecule has 0 bridgehead atoms. The number of thioether (sulfide) groups is 1. The fraction of sp³-hybridized carbons (Fsp3) is 0.286. The topological polar surface area (TPSA) is 77.2 Å². The predicted molar refractivity (Wildman–Crippen MR) is 110 cm³/mol. The molecule has 0 spiro atoms. The lowest BCUT2D eigenvalue weighted by atomic mass is 9.98. The van der Waals surface area contributed by atoms with Crippen LogP contribution in [0.15, 0.2) is 64.2 Å². The molecule has 28 heavy (non-hydrogen) atoms. The molecule has 1 amide bonds. The van der Waals surface area contributed by atoms with Gasteiger partial charge in [-0.25, -0.2) is 0 Å². The van der Waals surface area contributed by atoms with Gasteiger partial charge in [-0.05, 0) is 42.7 Å². The Morgan fingerprint density at radius 1 is 1.11 bits per heavy atom. The lowest BCUT2D eigenvalue weighted by Gasteiger charge is -2.10. The van der Waals surface area contributed by atoms with Crippen LogP contribution in [0.1, 0.15) is 31.2 Å². The lowest BCUT2D eigenvalue weighted by Crippen LogP contribution is -2.22. The standard InChI is InChI=1S/C21H23N3O3S/c1-14(16-7-5-4-6-8-16)13-19-23-24-21(27-19)28-15(2)20(25)22-17-9-11-18(26-3)12-10-17/h4-12,14-15H,13H2,1-3H3,(H,22,25). The highest BCUT2D eigenvalue weighted by atomic mass is 32.2. The van der Waals surface area contributed by atoms with Gasteiger partial charge in [0.05, 0.1) is 12.4 Å². The Morgan fingerprint density at radius 3 is 2.50 bits per heavy atom. The number of hydrogen-bond acceptors (Lipinski definition) is 6. The second-order valence-electron chi connectivity index (χ2n) is 6.46. The molecule has 6 nitrogen and oxygen atoms in total. The Balaban J connectivity index is 1.54. The highest BCUT2D eigenvalue weighted by Gasteiger charge is 2.19. The maximum atomic E-state index is 12.4. The number of carbonyl (C=O) groups is 1. The van der Waals surface area contributed by atoms with Crippen LogP contribution < -0.4 is 10.1 Å². The number of methoxy groups -OCH3 is 1. The molecule has 3 aromatic rings. The first-order valence-corrected chi connectivity index (χ1v) is 9.92. The van der Waals surface area contributed by atoms with Crippen LogP contribution in [-0.2, 0) is 11.2 Å². The molecule has 0 aliphatic carbocycles. The third-order valence-electron chi connectivity index (χ3n) is 4.30. The zero-order valence-electron chi connectivity index (χ0n) is 16.1. The third kappa shape index (κ3) is 5.36. The highest BCUT2D eigenvalue weighted by molar-refractivity contribution is 8.00. The normalized spacial score (nSPS) is 13.0. The quantitative estimate of drug-likeness (QED) is 0.562. The summed E-state index contributed by atoms with van der Waals surface area (Å²) >= 11 is 1.25. The molecule has 1 N–H and O–H groups in total. The van der Waals surface area contributed by atoms with Crippen LogP contribution in [0.5, 0.6) is 5.75 Å². The number of carbonyl (C=O) groups excluding carboxylic acids is 1. The van der Waals surface area contributed by atoms with E-state index < -0.39 is 0 Å². The van der Waals surface area contributed by atoms with Crippen LogP contribution in [0.2, 0.25) is 0 Å². The van der Waals surface area contributed by atoms with Crippen molar-refractivity contribution in [2.75, 3.05) is 12.4 Å². The molecular formula is C21H23N3O3S. The summed E-state index contributed by atoms with van der Waals surface area (Å²) in [4.78, 5) is 12.4. The van der Waals surface area contributed by atoms with Crippen molar-refractivity contribution in [3.8, 4) is 5.75 Å². The van der Waals surface area contributed by atoms with E-state index in [1.807, 2.05) is 18.2 Å². The monoisotopic (exact) mass is 397 g/mol. The van der Waals surface area contributed by atoms with Gasteiger partial charge in [-0.3, -0.25) is 4.79 Å². The minimum absolute atomic E-state index is 0.132. The van der Waals surface area contributed by atoms with E-state index in [0.29, 0.717) is 23.2 Å². The van der Waals surface area contributed by atoms with Crippen LogP contribution in [0, 0.1) is 0 Å². The highest BCUT2D eigenvalue weighted by Crippen LogP contribution is 2.26. The van der Waals surface area contributed by atoms with E-state index in [-0.39, 0.29) is 17.1 Å². The van der Waals surface area contributed by atoms with Gasteiger partial charge in [-0.15, -0.1) is 10.2 Å². The summed E-state index contributed by atoms with van der Waals surface area (Å²) < 4.78 is 10.8. The molecule has 0 saturated carbocycles. The van der Waals surface area contributed by atoms with Gasteiger partial charge in [0.15, 0.2) is 0 Å². The molecule has 0 saturated heterocycles. The smallest absolute Gasteiger partial charge is 0.277 e. The van der Waals surface area contributed by atoms with Crippen molar-refractivity contribution in [1.29, 1.82) is 0 Å². The molecule has 2 atom stereocenters. The van der Waals surface area contributed by atoms with E-state index in [9.17, 15) is 4.79 Å². The maximum absolute atomic E-state index is 12.4. The second kappa shape index (κ2) is 9.41. The summed E-state index contributed by atoms with van der Waals surface area (Å²) in [5.74, 6) is 1.45. The average Bonchev–Trinajstić information content (AvgIpc) is 3.15. The van der Waals surface area contributed by atoms with Crippen molar-refractivity contribution < 1.29 is 13.9 Å². The van der Waals surface area contributed by atoms with Crippen LogP contribution in [0.4, 0.5) is 5.69 Å². The molecule has 0 aliphatic heterocycles. The molecule has 146 valence electrons. The molecule has 1 aromatic heterocycles. The van der Waals surface area contributed by atoms with Gasteiger partial charge in [0.25, 0.3) is 5.22 Å². The number of benzene rings is 2. The van der Waals surface area contributed by atoms with Crippen molar-refractivity contribution >= 4 is 23.4 Å². The summed E-state index contributed by atoms with van der Waals surface area (Å²) in [5.41, 5.74) is 1.93. The molecule has 0 aliphatic rings. The summed E-state index contributed by atoms with van der Waals surface area (Å²) in [5, 5.41) is 11.1. The van der Waals surface area contributed by atoms with E-state index >= 15 is 0 Å². The number of ether oxygens (including phenoxy) is 1. The van der Waals surface area contributed by atoms with E-state index in [1.54, 1.807) is 38.3 Å². The van der Waals surface area contributed by atoms with Crippen molar-refractivity contribution in [2.24, 2.45) is 0 Å². The van der Waals surface area contributed by atoms with Gasteiger partial charge in [0.2, 0.25) is 11.8 Å². The van der Waals surface area contributed by atoms with Crippen LogP contribution >= 0.6 is 11.8 Å². The van der Waals surface area contributed by atoms with Gasteiger partial charge in [0.1, 0.15) is 5.75 Å². The van der Waals surface area contributed by atoms with E-state index in [1.165, 1.54) is 17.3 Å². The van der Waals surface area contributed by atoms with Gasteiger partial charge in [-0.2, -0.15) is 0 Å². The molecule has 2 unspecified atom stereocenters. The van der Waals surface area contributed by atoms with Crippen LogP contribution in [0.3, 0.4) is 0 Å². The number of amides is 1. The summed E-state index contributed by atoms with van der Waals surface area (Å²) in [7, 11) is 1.60. The first kappa shape index (κ1) is 19.9. The first-order valence-electron chi connectivity index (χ1n) is 9.04. The molecule has 2 aromatic carbocycles. The first-order chi connectivity index (χ1) is 13.5. The minimum Gasteiger partial charge on any atom is -0.497 e. The Morgan fingerprint density at radius 2 is 1.82 bits per heavy atom. The summed E-state index contributed by atoms with van der Waals surface area (Å²) in [6, 6.07) is 17.4. The van der Waals surface area contributed by atoms with Crippen molar-refractivity contribution in [3.63, 3.8) is 0 Å². The molecule has 3 rings (SSSR count). The molecule has 1 heterocycles. The number of rotatable bonds is 8. The van der Waals surface area contributed by atoms with Crippen molar-refractivity contribution in [1.82, 2.24) is 10.2 Å². The lowest BCUT2D eigenvalue weighted by molar-refractivity contribution is -0.115. The largest absolute Gasteiger partial charge is 0.497 e. The Labute approximate surface area is 168 Å². The number of anilines is 1. The Hall–Kier alpha value is -2.80. The Bertz CT molecular complexity index is 897. The predicted octanol–water partition coefficient (Wildman–Crippen LogP) is 4.54. The van der Waals surface area contributed by atoms with Crippen LogP contribution in [0.25, 0.3) is 0 Å². The SMILES string of the molecule is COc1ccc(NC(=O)C(C)Sc2nnc(CC(C)c3ccccc3)o2)cc1. The Kier molecular flexibility index (Phi) is 6.71. The zero-order valence-corrected chi connectivity index (χ0v) is 16.9. The maximum Gasteiger partial charge on any atom is 0.277 e. The molecule has 7 heteroatoms.